The quantitative estimate of drug-likeness (QED) is 0.429. The van der Waals surface area contributed by atoms with E-state index in [1.54, 1.807) is 0 Å². The molecule has 2 unspecified atom stereocenters. The van der Waals surface area contributed by atoms with Crippen LogP contribution < -0.4 is 10.8 Å². The Morgan fingerprint density at radius 1 is 1.43 bits per heavy atom. The number of aromatic nitrogens is 4. The molecule has 0 aliphatic carbocycles. The molecule has 2 aromatic rings. The van der Waals surface area contributed by atoms with Gasteiger partial charge in [-0.25, -0.2) is 19.7 Å². The lowest BCUT2D eigenvalue weighted by Crippen LogP contribution is -3.11. The number of nitrogens with two attached hydrogens (primary N) is 1. The first kappa shape index (κ1) is 15.7. The summed E-state index contributed by atoms with van der Waals surface area (Å²) in [6.45, 7) is 1.52. The van der Waals surface area contributed by atoms with Gasteiger partial charge in [-0.2, -0.15) is 0 Å². The molecule has 0 aromatic carbocycles. The number of nitrogen functional groups attached to an aromatic ring is 1. The SMILES string of the molecule is CC[NH+]([O-])C(=O)[C@H]1OC(n2cnc3c(N)ncnc32)[C@H](O)[C@@H]1O. The molecule has 0 saturated carbocycles. The summed E-state index contributed by atoms with van der Waals surface area (Å²) in [7, 11) is 0. The van der Waals surface area contributed by atoms with Crippen molar-refractivity contribution in [3.63, 3.8) is 0 Å². The monoisotopic (exact) mass is 324 g/mol. The second-order valence-corrected chi connectivity index (χ2v) is 5.15. The molecule has 1 amide bonds. The highest BCUT2D eigenvalue weighted by molar-refractivity contribution is 5.81. The van der Waals surface area contributed by atoms with E-state index in [-0.39, 0.29) is 18.0 Å². The summed E-state index contributed by atoms with van der Waals surface area (Å²) in [5.74, 6) is -0.726. The molecule has 1 aliphatic heterocycles. The van der Waals surface area contributed by atoms with Gasteiger partial charge in [0.2, 0.25) is 6.10 Å². The van der Waals surface area contributed by atoms with E-state index in [0.717, 1.165) is 0 Å². The first-order valence-electron chi connectivity index (χ1n) is 6.97. The van der Waals surface area contributed by atoms with Gasteiger partial charge in [0, 0.05) is 0 Å². The highest BCUT2D eigenvalue weighted by Gasteiger charge is 2.50. The molecule has 1 fully saturated rings. The minimum atomic E-state index is -1.53. The lowest BCUT2D eigenvalue weighted by molar-refractivity contribution is -0.765. The number of imidazole rings is 1. The number of amides is 1. The summed E-state index contributed by atoms with van der Waals surface area (Å²) in [6.07, 6.45) is -2.98. The summed E-state index contributed by atoms with van der Waals surface area (Å²) in [5, 5.41) is 31.0. The first-order valence-corrected chi connectivity index (χ1v) is 6.97. The number of carbonyl (C=O) groups is 1. The fraction of sp³-hybridized carbons (Fsp3) is 0.500. The van der Waals surface area contributed by atoms with Crippen molar-refractivity contribution >= 4 is 22.9 Å². The van der Waals surface area contributed by atoms with Crippen molar-refractivity contribution in [2.75, 3.05) is 12.3 Å². The number of carbonyl (C=O) groups excluding carboxylic acids is 1. The Morgan fingerprint density at radius 2 is 2.17 bits per heavy atom. The first-order chi connectivity index (χ1) is 11.0. The molecule has 124 valence electrons. The van der Waals surface area contributed by atoms with E-state index in [2.05, 4.69) is 15.0 Å². The van der Waals surface area contributed by atoms with Gasteiger partial charge in [-0.15, -0.1) is 0 Å². The van der Waals surface area contributed by atoms with Crippen LogP contribution in [-0.2, 0) is 9.53 Å². The fourth-order valence-corrected chi connectivity index (χ4v) is 2.50. The minimum absolute atomic E-state index is 0.00998. The van der Waals surface area contributed by atoms with Crippen LogP contribution in [0.2, 0.25) is 0 Å². The Morgan fingerprint density at radius 3 is 2.87 bits per heavy atom. The van der Waals surface area contributed by atoms with Crippen LogP contribution >= 0.6 is 0 Å². The standard InChI is InChI=1S/C12H16N6O5/c1-2-18(22)11(21)8-6(19)7(20)12(23-8)17-4-16-5-9(13)14-3-15-10(5)17/h3-4,6-8,12,18-20H,2H2,1H3,(H2,13,14,15)/t6-,7+,8-,12?/m0/s1. The summed E-state index contributed by atoms with van der Waals surface area (Å²) >= 11 is 0. The number of fused-ring (bicyclic) bond motifs is 1. The highest BCUT2D eigenvalue weighted by Crippen LogP contribution is 2.31. The van der Waals surface area contributed by atoms with E-state index < -0.39 is 35.5 Å². The Bertz CT molecular complexity index is 736. The van der Waals surface area contributed by atoms with Crippen molar-refractivity contribution < 1.29 is 24.8 Å². The number of hydrogen-bond donors (Lipinski definition) is 4. The van der Waals surface area contributed by atoms with Crippen molar-refractivity contribution in [3.05, 3.63) is 17.9 Å². The van der Waals surface area contributed by atoms with Crippen LogP contribution in [0.4, 0.5) is 5.82 Å². The van der Waals surface area contributed by atoms with E-state index in [0.29, 0.717) is 5.52 Å². The van der Waals surface area contributed by atoms with E-state index in [9.17, 15) is 20.2 Å². The second kappa shape index (κ2) is 5.79. The summed E-state index contributed by atoms with van der Waals surface area (Å²) < 4.78 is 6.75. The van der Waals surface area contributed by atoms with E-state index in [4.69, 9.17) is 10.5 Å². The van der Waals surface area contributed by atoms with Crippen LogP contribution in [-0.4, -0.2) is 60.5 Å². The molecule has 23 heavy (non-hydrogen) atoms. The average molecular weight is 324 g/mol. The summed E-state index contributed by atoms with van der Waals surface area (Å²) in [6, 6.07) is 0. The number of likely N-dealkylation sites (N-methyl/N-ethyl adjacent to an activating group) is 1. The van der Waals surface area contributed by atoms with Crippen LogP contribution in [0.25, 0.3) is 11.2 Å². The van der Waals surface area contributed by atoms with Gasteiger partial charge < -0.3 is 31.0 Å². The second-order valence-electron chi connectivity index (χ2n) is 5.15. The Hall–Kier alpha value is -2.18. The van der Waals surface area contributed by atoms with E-state index >= 15 is 0 Å². The predicted octanol–water partition coefficient (Wildman–Crippen LogP) is -3.04. The molecular formula is C12H16N6O5. The maximum atomic E-state index is 11.9. The van der Waals surface area contributed by atoms with Crippen molar-refractivity contribution in [2.24, 2.45) is 0 Å². The maximum Gasteiger partial charge on any atom is 0.343 e. The number of hydrogen-bond acceptors (Lipinski definition) is 9. The molecule has 0 radical (unpaired) electrons. The summed E-state index contributed by atoms with van der Waals surface area (Å²) in [4.78, 5) is 23.8. The van der Waals surface area contributed by atoms with Gasteiger partial charge in [-0.1, -0.05) is 0 Å². The van der Waals surface area contributed by atoms with Gasteiger partial charge in [0.15, 0.2) is 17.7 Å². The van der Waals surface area contributed by atoms with Crippen LogP contribution in [0.5, 0.6) is 0 Å². The number of nitrogens with one attached hydrogen (secondary N) is 1. The normalized spacial score (nSPS) is 29.0. The van der Waals surface area contributed by atoms with Crippen molar-refractivity contribution in [2.45, 2.75) is 31.5 Å². The largest absolute Gasteiger partial charge is 0.627 e. The van der Waals surface area contributed by atoms with Crippen LogP contribution in [0.15, 0.2) is 12.7 Å². The van der Waals surface area contributed by atoms with Gasteiger partial charge >= 0.3 is 5.91 Å². The molecule has 3 rings (SSSR count). The molecule has 5 atom stereocenters. The van der Waals surface area contributed by atoms with Gasteiger partial charge in [0.1, 0.15) is 24.1 Å². The number of aliphatic hydroxyl groups is 2. The van der Waals surface area contributed by atoms with Crippen molar-refractivity contribution in [1.29, 1.82) is 0 Å². The number of quaternary nitrogens is 1. The molecule has 11 heteroatoms. The van der Waals surface area contributed by atoms with Crippen LogP contribution in [0.1, 0.15) is 13.2 Å². The minimum Gasteiger partial charge on any atom is -0.627 e. The zero-order valence-electron chi connectivity index (χ0n) is 12.2. The third-order valence-corrected chi connectivity index (χ3v) is 3.75. The Labute approximate surface area is 129 Å². The predicted molar refractivity (Wildman–Crippen MR) is 75.5 cm³/mol. The zero-order valence-corrected chi connectivity index (χ0v) is 12.2. The van der Waals surface area contributed by atoms with Crippen LogP contribution in [0.3, 0.4) is 0 Å². The number of aliphatic hydroxyl groups excluding tert-OH is 2. The van der Waals surface area contributed by atoms with E-state index in [1.807, 2.05) is 0 Å². The average Bonchev–Trinajstić information content (AvgIpc) is 3.09. The zero-order chi connectivity index (χ0) is 16.7. The molecule has 5 N–H and O–H groups in total. The lowest BCUT2D eigenvalue weighted by Gasteiger charge is -2.22. The van der Waals surface area contributed by atoms with Gasteiger partial charge in [0.05, 0.1) is 12.9 Å². The Balaban J connectivity index is 1.94. The number of anilines is 1. The molecule has 0 bridgehead atoms. The number of hydroxylamine groups is 2. The molecule has 2 aromatic heterocycles. The topological polar surface area (TPSA) is 164 Å². The molecule has 11 nitrogen and oxygen atoms in total. The molecule has 3 heterocycles. The van der Waals surface area contributed by atoms with Crippen molar-refractivity contribution in [3.8, 4) is 0 Å². The molecule has 0 spiro atoms. The van der Waals surface area contributed by atoms with Crippen molar-refractivity contribution in [1.82, 2.24) is 19.5 Å². The molecular weight excluding hydrogens is 308 g/mol. The maximum absolute atomic E-state index is 11.9. The highest BCUT2D eigenvalue weighted by atomic mass is 16.6. The fourth-order valence-electron chi connectivity index (χ4n) is 2.50. The number of rotatable bonds is 3. The summed E-state index contributed by atoms with van der Waals surface area (Å²) in [5.41, 5.74) is 6.27. The lowest BCUT2D eigenvalue weighted by atomic mass is 10.1. The van der Waals surface area contributed by atoms with Gasteiger partial charge in [-0.05, 0) is 6.92 Å². The smallest absolute Gasteiger partial charge is 0.343 e. The third-order valence-electron chi connectivity index (χ3n) is 3.75. The number of ether oxygens (including phenoxy) is 1. The van der Waals surface area contributed by atoms with Gasteiger partial charge in [0.25, 0.3) is 0 Å². The van der Waals surface area contributed by atoms with Crippen LogP contribution in [0, 0.1) is 5.21 Å². The molecule has 1 aliphatic rings. The number of nitrogens with zero attached hydrogens (tertiary/aromatic N) is 4. The van der Waals surface area contributed by atoms with E-state index in [1.165, 1.54) is 24.1 Å². The third kappa shape index (κ3) is 2.44. The van der Waals surface area contributed by atoms with Gasteiger partial charge in [-0.3, -0.25) is 4.57 Å². The molecule has 1 saturated heterocycles. The Kier molecular flexibility index (Phi) is 3.95.